The zero-order valence-corrected chi connectivity index (χ0v) is 35.6. The summed E-state index contributed by atoms with van der Waals surface area (Å²) >= 11 is 6.59. The molecule has 0 saturated heterocycles. The number of nitrogens with zero attached hydrogens (tertiary/aromatic N) is 8. The molecule has 3 aromatic carbocycles. The summed E-state index contributed by atoms with van der Waals surface area (Å²) in [5.41, 5.74) is -3.79. The number of nitrogens with one attached hydrogen (secondary N) is 2. The fourth-order valence-corrected chi connectivity index (χ4v) is 9.32. The van der Waals surface area contributed by atoms with E-state index in [1.807, 2.05) is 0 Å². The van der Waals surface area contributed by atoms with Crippen LogP contribution in [0.3, 0.4) is 0 Å². The molecule has 2 N–H and O–H groups in total. The number of carbonyl (C=O) groups excluding carboxylic acids is 1. The van der Waals surface area contributed by atoms with Gasteiger partial charge in [-0.3, -0.25) is 28.2 Å². The van der Waals surface area contributed by atoms with Crippen LogP contribution in [-0.4, -0.2) is 59.7 Å². The number of aromatic nitrogens is 8. The Kier molecular flexibility index (Phi) is 10.5. The number of hydrogen-bond donors (Lipinski definition) is 2. The maximum atomic E-state index is 15.5. The van der Waals surface area contributed by atoms with E-state index in [9.17, 15) is 43.9 Å². The molecule has 1 fully saturated rings. The molecule has 2 aliphatic rings. The van der Waals surface area contributed by atoms with Gasteiger partial charge in [0.25, 0.3) is 17.9 Å². The van der Waals surface area contributed by atoms with Crippen molar-refractivity contribution in [3.05, 3.63) is 121 Å². The van der Waals surface area contributed by atoms with Crippen molar-refractivity contribution in [3.63, 3.8) is 0 Å². The number of carbonyl (C=O) groups is 1. The molecular formula is C41H30ClF9N10O4S. The summed E-state index contributed by atoms with van der Waals surface area (Å²) in [6.45, 7) is 0.221. The molecule has 7 aromatic rings. The van der Waals surface area contributed by atoms with Gasteiger partial charge in [0.2, 0.25) is 21.8 Å². The zero-order chi connectivity index (χ0) is 47.5. The van der Waals surface area contributed by atoms with E-state index in [2.05, 4.69) is 30.2 Å². The second-order valence-electron chi connectivity index (χ2n) is 16.0. The van der Waals surface area contributed by atoms with Crippen LogP contribution in [-0.2, 0) is 46.9 Å². The van der Waals surface area contributed by atoms with Crippen molar-refractivity contribution in [2.45, 2.75) is 56.8 Å². The summed E-state index contributed by atoms with van der Waals surface area (Å²) in [4.78, 5) is 41.0. The number of benzene rings is 3. The smallest absolute Gasteiger partial charge is 0.344 e. The highest BCUT2D eigenvalue weighted by Gasteiger charge is 2.67. The molecule has 9 rings (SSSR count). The first-order valence-electron chi connectivity index (χ1n) is 19.5. The summed E-state index contributed by atoms with van der Waals surface area (Å²) in [5.74, 6) is -11.2. The van der Waals surface area contributed by atoms with Gasteiger partial charge in [-0.05, 0) is 67.3 Å². The highest BCUT2D eigenvalue weighted by molar-refractivity contribution is 7.92. The van der Waals surface area contributed by atoms with E-state index in [0.717, 1.165) is 23.0 Å². The summed E-state index contributed by atoms with van der Waals surface area (Å²) in [6, 6.07) is 8.25. The maximum absolute atomic E-state index is 15.5. The van der Waals surface area contributed by atoms with Gasteiger partial charge >= 0.3 is 6.18 Å². The van der Waals surface area contributed by atoms with Gasteiger partial charge in [0.15, 0.2) is 5.82 Å². The highest BCUT2D eigenvalue weighted by Crippen LogP contribution is 2.68. The molecule has 344 valence electrons. The lowest BCUT2D eigenvalue weighted by Crippen LogP contribution is -2.38. The Balaban J connectivity index is 1.27. The number of alkyl halides is 7. The molecule has 0 unspecified atom stereocenters. The van der Waals surface area contributed by atoms with Crippen LogP contribution in [0.1, 0.15) is 64.7 Å². The van der Waals surface area contributed by atoms with Crippen LogP contribution in [0.25, 0.3) is 38.8 Å². The lowest BCUT2D eigenvalue weighted by Gasteiger charge is -2.24. The van der Waals surface area contributed by atoms with Crippen LogP contribution in [0.2, 0.25) is 5.02 Å². The summed E-state index contributed by atoms with van der Waals surface area (Å²) in [6.07, 6.45) is -8.02. The van der Waals surface area contributed by atoms with Gasteiger partial charge in [-0.1, -0.05) is 17.7 Å². The third kappa shape index (κ3) is 7.87. The normalized spacial score (nSPS) is 17.1. The lowest BCUT2D eigenvalue weighted by molar-refractivity contribution is -0.145. The maximum Gasteiger partial charge on any atom is 0.451 e. The quantitative estimate of drug-likeness (QED) is 0.123. The first-order valence-corrected chi connectivity index (χ1v) is 21.8. The molecule has 2 aliphatic carbocycles. The van der Waals surface area contributed by atoms with E-state index >= 15 is 13.6 Å². The molecular weight excluding hydrogens is 935 g/mol. The van der Waals surface area contributed by atoms with Crippen LogP contribution < -0.4 is 15.6 Å². The topological polar surface area (TPSA) is 172 Å². The van der Waals surface area contributed by atoms with Gasteiger partial charge in [0.1, 0.15) is 35.4 Å². The molecule has 3 atom stereocenters. The third-order valence-corrected chi connectivity index (χ3v) is 12.1. The molecule has 14 nitrogen and oxygen atoms in total. The predicted octanol–water partition coefficient (Wildman–Crippen LogP) is 7.80. The van der Waals surface area contributed by atoms with Crippen molar-refractivity contribution in [2.75, 3.05) is 11.0 Å². The number of aryl methyl sites for hydroxylation is 2. The number of amides is 1. The minimum Gasteiger partial charge on any atom is -0.344 e. The van der Waals surface area contributed by atoms with E-state index in [-0.39, 0.29) is 72.8 Å². The third-order valence-electron chi connectivity index (χ3n) is 11.2. The molecule has 66 heavy (non-hydrogen) atoms. The average molecular weight is 965 g/mol. The Bertz CT molecular complexity index is 3360. The molecule has 0 radical (unpaired) electrons. The first-order chi connectivity index (χ1) is 30.9. The minimum absolute atomic E-state index is 0.000200. The largest absolute Gasteiger partial charge is 0.451 e. The monoisotopic (exact) mass is 964 g/mol. The number of fused-ring (bicyclic) bond motifs is 5. The van der Waals surface area contributed by atoms with Crippen LogP contribution in [0.15, 0.2) is 59.4 Å². The van der Waals surface area contributed by atoms with Crippen LogP contribution in [0.5, 0.6) is 0 Å². The zero-order valence-electron chi connectivity index (χ0n) is 34.0. The highest BCUT2D eigenvalue weighted by atomic mass is 35.5. The van der Waals surface area contributed by atoms with Crippen LogP contribution >= 0.6 is 11.6 Å². The molecule has 4 heterocycles. The minimum atomic E-state index is -4.95. The lowest BCUT2D eigenvalue weighted by atomic mass is 10.0. The predicted molar refractivity (Wildman–Crippen MR) is 219 cm³/mol. The molecule has 0 bridgehead atoms. The number of sulfonamides is 1. The molecule has 0 spiro atoms. The molecule has 25 heteroatoms. The molecule has 1 saturated carbocycles. The van der Waals surface area contributed by atoms with Crippen molar-refractivity contribution in [2.24, 2.45) is 13.0 Å². The Morgan fingerprint density at radius 2 is 1.71 bits per heavy atom. The SMILES string of the molecule is Cc1cc(-c2ccc3c(=O)n(-c4ccc(Cl)c5c(NS(C)(=O)=O)nn(C)c45)c([C@H](Cc4cc(F)cc(F)c4)NC(=O)Cn4nc(C(F)F)c5c4C(F)(F)[C@@H]4C[C@H]54)nc3c2)nc(C(F)(F)F)n1. The Morgan fingerprint density at radius 1 is 1.00 bits per heavy atom. The van der Waals surface area contributed by atoms with Gasteiger partial charge in [-0.15, -0.1) is 0 Å². The van der Waals surface area contributed by atoms with Gasteiger partial charge in [0.05, 0.1) is 50.5 Å². The number of anilines is 1. The van der Waals surface area contributed by atoms with Crippen molar-refractivity contribution in [3.8, 4) is 16.9 Å². The molecule has 0 aliphatic heterocycles. The number of halogens is 10. The standard InChI is InChI=1S/C41H30ClF9N10O4S/c1-16-8-25(55-39(52-16)41(49,50)51)18-4-5-21-26(12-18)54-37(61(38(21)63)28-7-6-24(42)31-33(28)59(2)57-36(31)58-66(3,64)65)27(11-17-9-19(43)13-20(44)10-17)53-29(62)15-60-34-30(32(56-60)35(45)46)22-14-23(22)40(34,47)48/h4-10,12-13,22-23,27,35H,11,14-15H2,1-3H3,(H,53,62)(H,57,58)/t22-,23+,27-/m0/s1. The van der Waals surface area contributed by atoms with Gasteiger partial charge in [0, 0.05) is 42.3 Å². The van der Waals surface area contributed by atoms with Crippen molar-refractivity contribution < 1.29 is 52.7 Å². The first kappa shape index (κ1) is 44.6. The second kappa shape index (κ2) is 15.5. The van der Waals surface area contributed by atoms with E-state index in [1.54, 1.807) is 0 Å². The van der Waals surface area contributed by atoms with Crippen LogP contribution in [0.4, 0.5) is 45.3 Å². The van der Waals surface area contributed by atoms with Gasteiger partial charge in [-0.2, -0.15) is 32.1 Å². The summed E-state index contributed by atoms with van der Waals surface area (Å²) < 4.78 is 160. The van der Waals surface area contributed by atoms with Gasteiger partial charge in [-0.25, -0.2) is 40.9 Å². The van der Waals surface area contributed by atoms with Crippen molar-refractivity contribution >= 4 is 55.2 Å². The summed E-state index contributed by atoms with van der Waals surface area (Å²) in [7, 11) is -2.61. The van der Waals surface area contributed by atoms with Crippen LogP contribution in [0, 0.1) is 24.5 Å². The second-order valence-corrected chi connectivity index (χ2v) is 18.1. The molecule has 4 aromatic heterocycles. The van der Waals surface area contributed by atoms with E-state index in [1.165, 1.54) is 55.1 Å². The summed E-state index contributed by atoms with van der Waals surface area (Å²) in [5, 5.41) is 10.2. The van der Waals surface area contributed by atoms with Crippen molar-refractivity contribution in [1.82, 2.24) is 44.4 Å². The van der Waals surface area contributed by atoms with Crippen molar-refractivity contribution in [1.29, 1.82) is 0 Å². The molecule has 1 amide bonds. The van der Waals surface area contributed by atoms with E-state index in [4.69, 9.17) is 16.6 Å². The Morgan fingerprint density at radius 3 is 2.38 bits per heavy atom. The number of rotatable bonds is 11. The average Bonchev–Trinajstić information content (AvgIpc) is 3.75. The fraction of sp³-hybridized carbons (Fsp3) is 0.293. The van der Waals surface area contributed by atoms with E-state index < -0.39 is 106 Å². The Hall–Kier alpha value is -6.56. The fourth-order valence-electron chi connectivity index (χ4n) is 8.58. The van der Waals surface area contributed by atoms with E-state index in [0.29, 0.717) is 10.7 Å². The Labute approximate surface area is 370 Å². The number of hydrogen-bond acceptors (Lipinski definition) is 9. The van der Waals surface area contributed by atoms with Gasteiger partial charge < -0.3 is 5.32 Å².